The van der Waals surface area contributed by atoms with Gasteiger partial charge in [-0.3, -0.25) is 4.79 Å². The van der Waals surface area contributed by atoms with Crippen molar-refractivity contribution in [1.29, 1.82) is 0 Å². The van der Waals surface area contributed by atoms with Gasteiger partial charge in [0.2, 0.25) is 0 Å². The Bertz CT molecular complexity index is 631. The highest BCUT2D eigenvalue weighted by atomic mass is 28.3. The lowest BCUT2D eigenvalue weighted by Crippen LogP contribution is -2.43. The molecule has 0 spiro atoms. The number of methoxy groups -OCH3 is 2. The van der Waals surface area contributed by atoms with Crippen LogP contribution in [0.15, 0.2) is 24.3 Å². The van der Waals surface area contributed by atoms with Crippen molar-refractivity contribution >= 4 is 14.0 Å². The SMILES string of the molecule is COC(=O)C[C@@H](C#C[Si](C(C)C)(C(C)C)C(C)C)c1cccc(OC)c1. The predicted octanol–water partition coefficient (Wildman–Crippen LogP) is 5.56. The van der Waals surface area contributed by atoms with E-state index in [0.717, 1.165) is 11.3 Å². The molecule has 0 aliphatic rings. The standard InChI is InChI=1S/C22H34O3Si/c1-16(2)26(17(3)4,18(5)6)13-12-20(15-22(23)25-8)19-10-9-11-21(14-19)24-7/h9-11,14,16-18,20H,15H2,1-8H3/t20-/m1/s1. The zero-order chi connectivity index (χ0) is 19.9. The Labute approximate surface area is 160 Å². The summed E-state index contributed by atoms with van der Waals surface area (Å²) in [6, 6.07) is 7.82. The normalized spacial score (nSPS) is 12.7. The molecule has 0 fully saturated rings. The molecule has 0 heterocycles. The number of hydrogen-bond donors (Lipinski definition) is 0. The largest absolute Gasteiger partial charge is 0.497 e. The molecule has 3 nitrogen and oxygen atoms in total. The van der Waals surface area contributed by atoms with Gasteiger partial charge in [-0.2, -0.15) is 0 Å². The summed E-state index contributed by atoms with van der Waals surface area (Å²) in [6.07, 6.45) is 0.259. The molecule has 0 aliphatic carbocycles. The molecular formula is C22H34O3Si. The van der Waals surface area contributed by atoms with E-state index in [4.69, 9.17) is 9.47 Å². The second-order valence-electron chi connectivity index (χ2n) is 7.78. The first kappa shape index (κ1) is 22.3. The Hall–Kier alpha value is -1.73. The van der Waals surface area contributed by atoms with Crippen LogP contribution in [0.2, 0.25) is 16.6 Å². The summed E-state index contributed by atoms with van der Waals surface area (Å²) in [4.78, 5) is 12.0. The number of rotatable bonds is 7. The van der Waals surface area contributed by atoms with E-state index in [9.17, 15) is 4.79 Å². The van der Waals surface area contributed by atoms with Crippen molar-refractivity contribution in [2.24, 2.45) is 0 Å². The molecule has 0 aromatic heterocycles. The van der Waals surface area contributed by atoms with Gasteiger partial charge < -0.3 is 9.47 Å². The zero-order valence-electron chi connectivity index (χ0n) is 17.6. The van der Waals surface area contributed by atoms with Crippen LogP contribution in [0.25, 0.3) is 0 Å². The summed E-state index contributed by atoms with van der Waals surface area (Å²) in [7, 11) is 1.22. The van der Waals surface area contributed by atoms with E-state index in [1.165, 1.54) is 7.11 Å². The predicted molar refractivity (Wildman–Crippen MR) is 111 cm³/mol. The smallest absolute Gasteiger partial charge is 0.307 e. The van der Waals surface area contributed by atoms with Gasteiger partial charge in [-0.05, 0) is 34.3 Å². The molecule has 0 saturated carbocycles. The van der Waals surface area contributed by atoms with Crippen LogP contribution in [0.1, 0.15) is 59.4 Å². The van der Waals surface area contributed by atoms with Gasteiger partial charge in [0.1, 0.15) is 13.8 Å². The summed E-state index contributed by atoms with van der Waals surface area (Å²) in [5.74, 6) is 3.85. The van der Waals surface area contributed by atoms with Crippen LogP contribution in [-0.4, -0.2) is 28.3 Å². The summed E-state index contributed by atoms with van der Waals surface area (Å²) >= 11 is 0. The highest BCUT2D eigenvalue weighted by molar-refractivity contribution is 6.90. The molecule has 0 aliphatic heterocycles. The maximum atomic E-state index is 12.0. The summed E-state index contributed by atoms with van der Waals surface area (Å²) < 4.78 is 10.2. The van der Waals surface area contributed by atoms with E-state index in [1.54, 1.807) is 7.11 Å². The van der Waals surface area contributed by atoms with Crippen molar-refractivity contribution in [1.82, 2.24) is 0 Å². The fraction of sp³-hybridized carbons (Fsp3) is 0.591. The van der Waals surface area contributed by atoms with Gasteiger partial charge in [0.25, 0.3) is 0 Å². The maximum Gasteiger partial charge on any atom is 0.307 e. The van der Waals surface area contributed by atoms with Crippen LogP contribution in [-0.2, 0) is 9.53 Å². The van der Waals surface area contributed by atoms with Crippen molar-refractivity contribution in [3.63, 3.8) is 0 Å². The van der Waals surface area contributed by atoms with Gasteiger partial charge in [0.15, 0.2) is 0 Å². The lowest BCUT2D eigenvalue weighted by atomic mass is 9.96. The Morgan fingerprint density at radius 2 is 1.62 bits per heavy atom. The number of carbonyl (C=O) groups is 1. The maximum absolute atomic E-state index is 12.0. The van der Waals surface area contributed by atoms with Gasteiger partial charge in [-0.15, -0.1) is 11.5 Å². The molecule has 1 aromatic carbocycles. The molecule has 4 heteroatoms. The Morgan fingerprint density at radius 3 is 2.08 bits per heavy atom. The van der Waals surface area contributed by atoms with Crippen LogP contribution in [0, 0.1) is 11.5 Å². The summed E-state index contributed by atoms with van der Waals surface area (Å²) in [6.45, 7) is 13.8. The molecule has 1 rings (SSSR count). The monoisotopic (exact) mass is 374 g/mol. The molecule has 0 saturated heterocycles. The van der Waals surface area contributed by atoms with Gasteiger partial charge in [-0.1, -0.05) is 53.7 Å². The topological polar surface area (TPSA) is 35.5 Å². The number of esters is 1. The first-order valence-electron chi connectivity index (χ1n) is 9.42. The van der Waals surface area contributed by atoms with Gasteiger partial charge in [-0.25, -0.2) is 0 Å². The second kappa shape index (κ2) is 9.82. The molecule has 26 heavy (non-hydrogen) atoms. The van der Waals surface area contributed by atoms with Crippen LogP contribution >= 0.6 is 0 Å². The van der Waals surface area contributed by atoms with Crippen molar-refractivity contribution in [2.75, 3.05) is 14.2 Å². The molecule has 1 aromatic rings. The molecule has 0 N–H and O–H groups in total. The third-order valence-corrected chi connectivity index (χ3v) is 11.7. The Balaban J connectivity index is 3.40. The second-order valence-corrected chi connectivity index (χ2v) is 13.4. The Morgan fingerprint density at radius 1 is 1.04 bits per heavy atom. The molecule has 0 radical (unpaired) electrons. The average molecular weight is 375 g/mol. The van der Waals surface area contributed by atoms with Crippen molar-refractivity contribution in [3.05, 3.63) is 29.8 Å². The van der Waals surface area contributed by atoms with Crippen LogP contribution in [0.4, 0.5) is 0 Å². The van der Waals surface area contributed by atoms with Crippen molar-refractivity contribution in [3.8, 4) is 17.2 Å². The third kappa shape index (κ3) is 5.14. The lowest BCUT2D eigenvalue weighted by molar-refractivity contribution is -0.140. The van der Waals surface area contributed by atoms with Gasteiger partial charge in [0, 0.05) is 0 Å². The minimum atomic E-state index is -1.85. The average Bonchev–Trinajstić information content (AvgIpc) is 2.60. The van der Waals surface area contributed by atoms with Crippen LogP contribution < -0.4 is 4.74 Å². The Kier molecular flexibility index (Phi) is 8.43. The minimum absolute atomic E-state index is 0.180. The van der Waals surface area contributed by atoms with E-state index < -0.39 is 8.07 Å². The molecule has 0 bridgehead atoms. The minimum Gasteiger partial charge on any atom is -0.497 e. The van der Waals surface area contributed by atoms with Gasteiger partial charge in [0.05, 0.1) is 26.6 Å². The van der Waals surface area contributed by atoms with E-state index in [1.807, 2.05) is 24.3 Å². The summed E-state index contributed by atoms with van der Waals surface area (Å²) in [5, 5.41) is 0. The molecule has 144 valence electrons. The van der Waals surface area contributed by atoms with E-state index in [0.29, 0.717) is 16.6 Å². The first-order valence-corrected chi connectivity index (χ1v) is 11.7. The number of carbonyl (C=O) groups excluding carboxylic acids is 1. The quantitative estimate of drug-likeness (QED) is 0.356. The number of benzene rings is 1. The first-order chi connectivity index (χ1) is 12.2. The third-order valence-electron chi connectivity index (χ3n) is 5.42. The highest BCUT2D eigenvalue weighted by Crippen LogP contribution is 2.41. The summed E-state index contributed by atoms with van der Waals surface area (Å²) in [5.41, 5.74) is 6.40. The molecule has 0 amide bonds. The zero-order valence-corrected chi connectivity index (χ0v) is 18.6. The molecular weight excluding hydrogens is 340 g/mol. The van der Waals surface area contributed by atoms with Crippen LogP contribution in [0.3, 0.4) is 0 Å². The van der Waals surface area contributed by atoms with Crippen LogP contribution in [0.5, 0.6) is 5.75 Å². The van der Waals surface area contributed by atoms with E-state index in [-0.39, 0.29) is 18.3 Å². The molecule has 1 atom stereocenters. The van der Waals surface area contributed by atoms with Crippen molar-refractivity contribution in [2.45, 2.75) is 70.5 Å². The fourth-order valence-corrected chi connectivity index (χ4v) is 9.30. The fourth-order valence-electron chi connectivity index (χ4n) is 4.01. The van der Waals surface area contributed by atoms with Gasteiger partial charge >= 0.3 is 5.97 Å². The molecule has 0 unspecified atom stereocenters. The lowest BCUT2D eigenvalue weighted by Gasteiger charge is -2.38. The van der Waals surface area contributed by atoms with E-state index >= 15 is 0 Å². The number of ether oxygens (including phenoxy) is 2. The highest BCUT2D eigenvalue weighted by Gasteiger charge is 2.41. The van der Waals surface area contributed by atoms with Crippen molar-refractivity contribution < 1.29 is 14.3 Å². The number of hydrogen-bond acceptors (Lipinski definition) is 3. The van der Waals surface area contributed by atoms with E-state index in [2.05, 4.69) is 53.0 Å².